The molecule has 0 bridgehead atoms. The molecule has 0 heterocycles. The predicted octanol–water partition coefficient (Wildman–Crippen LogP) is 5.77. The highest BCUT2D eigenvalue weighted by atomic mass is 32.2. The SMILES string of the molecule is CCCCS/C=C(\SCCCC)[Si](C)(C)C. The summed E-state index contributed by atoms with van der Waals surface area (Å²) in [5, 5.41) is 2.46. The fourth-order valence-corrected chi connectivity index (χ4v) is 6.67. The van der Waals surface area contributed by atoms with Crippen LogP contribution in [0.1, 0.15) is 39.5 Å². The monoisotopic (exact) mass is 276 g/mol. The van der Waals surface area contributed by atoms with Gasteiger partial charge in [0.2, 0.25) is 0 Å². The summed E-state index contributed by atoms with van der Waals surface area (Å²) >= 11 is 4.14. The Morgan fingerprint density at radius 2 is 1.56 bits per heavy atom. The summed E-state index contributed by atoms with van der Waals surface area (Å²) in [7, 11) is -1.09. The van der Waals surface area contributed by atoms with Gasteiger partial charge in [0.15, 0.2) is 0 Å². The Hall–Kier alpha value is 0.657. The van der Waals surface area contributed by atoms with Crippen molar-refractivity contribution in [3.8, 4) is 0 Å². The Morgan fingerprint density at radius 1 is 1.00 bits per heavy atom. The van der Waals surface area contributed by atoms with Gasteiger partial charge in [-0.1, -0.05) is 46.3 Å². The first-order valence-corrected chi connectivity index (χ1v) is 12.0. The van der Waals surface area contributed by atoms with Crippen molar-refractivity contribution in [2.45, 2.75) is 59.2 Å². The summed E-state index contributed by atoms with van der Waals surface area (Å²) in [6.45, 7) is 11.9. The molecule has 0 aliphatic carbocycles. The Labute approximate surface area is 112 Å². The minimum absolute atomic E-state index is 1.09. The van der Waals surface area contributed by atoms with Gasteiger partial charge in [0.25, 0.3) is 0 Å². The second-order valence-corrected chi connectivity index (χ2v) is 12.7. The van der Waals surface area contributed by atoms with E-state index in [0.717, 1.165) is 0 Å². The van der Waals surface area contributed by atoms with Crippen LogP contribution < -0.4 is 0 Å². The number of thioether (sulfide) groups is 2. The fourth-order valence-electron chi connectivity index (χ4n) is 1.12. The van der Waals surface area contributed by atoms with Gasteiger partial charge in [-0.25, -0.2) is 0 Å². The highest BCUT2D eigenvalue weighted by molar-refractivity contribution is 8.07. The van der Waals surface area contributed by atoms with Gasteiger partial charge in [0.1, 0.15) is 0 Å². The second kappa shape index (κ2) is 9.66. The molecule has 0 spiro atoms. The third-order valence-electron chi connectivity index (χ3n) is 2.30. The molecule has 0 saturated heterocycles. The van der Waals surface area contributed by atoms with E-state index in [2.05, 4.69) is 50.7 Å². The molecule has 0 unspecified atom stereocenters. The van der Waals surface area contributed by atoms with Crippen LogP contribution in [-0.2, 0) is 0 Å². The van der Waals surface area contributed by atoms with Crippen LogP contribution in [0, 0.1) is 0 Å². The van der Waals surface area contributed by atoms with E-state index in [4.69, 9.17) is 0 Å². The fraction of sp³-hybridized carbons (Fsp3) is 0.846. The minimum Gasteiger partial charge on any atom is -0.135 e. The van der Waals surface area contributed by atoms with Crippen LogP contribution in [-0.4, -0.2) is 19.6 Å². The van der Waals surface area contributed by atoms with Crippen LogP contribution in [0.5, 0.6) is 0 Å². The zero-order valence-corrected chi connectivity index (χ0v) is 14.3. The Balaban J connectivity index is 4.09. The van der Waals surface area contributed by atoms with Crippen molar-refractivity contribution in [3.63, 3.8) is 0 Å². The van der Waals surface area contributed by atoms with Crippen LogP contribution in [0.15, 0.2) is 9.94 Å². The normalized spacial score (nSPS) is 13.2. The largest absolute Gasteiger partial charge is 0.135 e. The lowest BCUT2D eigenvalue weighted by molar-refractivity contribution is 0.897. The average Bonchev–Trinajstić information content (AvgIpc) is 2.20. The summed E-state index contributed by atoms with van der Waals surface area (Å²) < 4.78 is 1.70. The summed E-state index contributed by atoms with van der Waals surface area (Å²) in [6.07, 6.45) is 5.33. The number of rotatable bonds is 9. The summed E-state index contributed by atoms with van der Waals surface area (Å²) in [4.78, 5) is 0. The summed E-state index contributed by atoms with van der Waals surface area (Å²) in [5.41, 5.74) is 0. The van der Waals surface area contributed by atoms with Gasteiger partial charge in [-0.15, -0.1) is 23.5 Å². The molecule has 0 radical (unpaired) electrons. The molecule has 96 valence electrons. The van der Waals surface area contributed by atoms with Gasteiger partial charge in [-0.3, -0.25) is 0 Å². The Kier molecular flexibility index (Phi) is 10.1. The van der Waals surface area contributed by atoms with Crippen LogP contribution in [0.4, 0.5) is 0 Å². The van der Waals surface area contributed by atoms with Crippen molar-refractivity contribution in [2.75, 3.05) is 11.5 Å². The lowest BCUT2D eigenvalue weighted by Crippen LogP contribution is -2.22. The zero-order chi connectivity index (χ0) is 12.4. The van der Waals surface area contributed by atoms with Gasteiger partial charge in [0, 0.05) is 0 Å². The van der Waals surface area contributed by atoms with E-state index < -0.39 is 8.07 Å². The quantitative estimate of drug-likeness (QED) is 0.387. The van der Waals surface area contributed by atoms with E-state index in [-0.39, 0.29) is 0 Å². The smallest absolute Gasteiger partial charge is 0.0864 e. The number of hydrogen-bond donors (Lipinski definition) is 0. The molecule has 16 heavy (non-hydrogen) atoms. The number of unbranched alkanes of at least 4 members (excludes halogenated alkanes) is 2. The Morgan fingerprint density at radius 3 is 2.06 bits per heavy atom. The topological polar surface area (TPSA) is 0 Å². The maximum atomic E-state index is 2.46. The molecule has 0 saturated carbocycles. The first kappa shape index (κ1) is 16.7. The zero-order valence-electron chi connectivity index (χ0n) is 11.6. The van der Waals surface area contributed by atoms with E-state index in [0.29, 0.717) is 0 Å². The van der Waals surface area contributed by atoms with E-state index in [1.807, 2.05) is 11.8 Å². The highest BCUT2D eigenvalue weighted by Gasteiger charge is 2.19. The average molecular weight is 277 g/mol. The van der Waals surface area contributed by atoms with Gasteiger partial charge < -0.3 is 0 Å². The van der Waals surface area contributed by atoms with Crippen molar-refractivity contribution >= 4 is 31.6 Å². The number of hydrogen-bond acceptors (Lipinski definition) is 2. The maximum Gasteiger partial charge on any atom is 0.0864 e. The minimum atomic E-state index is -1.09. The molecule has 0 amide bonds. The van der Waals surface area contributed by atoms with Gasteiger partial charge in [-0.2, -0.15) is 0 Å². The molecular weight excluding hydrogens is 248 g/mol. The van der Waals surface area contributed by atoms with Crippen LogP contribution in [0.2, 0.25) is 19.6 Å². The molecule has 0 aromatic carbocycles. The highest BCUT2D eigenvalue weighted by Crippen LogP contribution is 2.30. The van der Waals surface area contributed by atoms with Gasteiger partial charge >= 0.3 is 0 Å². The van der Waals surface area contributed by atoms with Crippen LogP contribution in [0.3, 0.4) is 0 Å². The van der Waals surface area contributed by atoms with Crippen molar-refractivity contribution in [2.24, 2.45) is 0 Å². The molecule has 0 fully saturated rings. The van der Waals surface area contributed by atoms with Gasteiger partial charge in [-0.05, 0) is 34.3 Å². The third kappa shape index (κ3) is 8.77. The van der Waals surface area contributed by atoms with Crippen molar-refractivity contribution < 1.29 is 0 Å². The van der Waals surface area contributed by atoms with Crippen molar-refractivity contribution in [1.82, 2.24) is 0 Å². The molecule has 0 aromatic heterocycles. The molecule has 0 nitrogen and oxygen atoms in total. The Bertz CT molecular complexity index is 195. The summed E-state index contributed by atoms with van der Waals surface area (Å²) in [5.74, 6) is 2.60. The molecule has 0 aromatic rings. The van der Waals surface area contributed by atoms with Crippen molar-refractivity contribution in [1.29, 1.82) is 0 Å². The first-order chi connectivity index (χ1) is 7.52. The molecule has 0 atom stereocenters. The first-order valence-electron chi connectivity index (χ1n) is 6.47. The van der Waals surface area contributed by atoms with E-state index >= 15 is 0 Å². The van der Waals surface area contributed by atoms with E-state index in [9.17, 15) is 0 Å². The molecular formula is C13H28S2Si. The molecule has 0 N–H and O–H groups in total. The van der Waals surface area contributed by atoms with Crippen LogP contribution in [0.25, 0.3) is 0 Å². The molecule has 3 heteroatoms. The standard InChI is InChI=1S/C13H28S2Si/c1-6-8-10-14-12-13(16(3,4)5)15-11-9-7-2/h12H,6-11H2,1-5H3/b13-12+. The van der Waals surface area contributed by atoms with E-state index in [1.165, 1.54) is 37.2 Å². The maximum absolute atomic E-state index is 2.46. The second-order valence-electron chi connectivity index (χ2n) is 5.16. The van der Waals surface area contributed by atoms with Crippen LogP contribution >= 0.6 is 23.5 Å². The predicted molar refractivity (Wildman–Crippen MR) is 86.2 cm³/mol. The van der Waals surface area contributed by atoms with Gasteiger partial charge in [0.05, 0.1) is 8.07 Å². The third-order valence-corrected chi connectivity index (χ3v) is 8.40. The molecule has 0 rings (SSSR count). The molecule has 0 aliphatic rings. The van der Waals surface area contributed by atoms with E-state index in [1.54, 1.807) is 4.53 Å². The van der Waals surface area contributed by atoms with Crippen molar-refractivity contribution in [3.05, 3.63) is 9.94 Å². The lowest BCUT2D eigenvalue weighted by atomic mass is 10.4. The lowest BCUT2D eigenvalue weighted by Gasteiger charge is -2.20. The molecule has 0 aliphatic heterocycles. The summed E-state index contributed by atoms with van der Waals surface area (Å²) in [6, 6.07) is 0.